The molecular weight excluding hydrogens is 369 g/mol. The third-order valence-electron chi connectivity index (χ3n) is 3.69. The highest BCUT2D eigenvalue weighted by atomic mass is 35.5. The van der Waals surface area contributed by atoms with Crippen molar-refractivity contribution in [3.05, 3.63) is 33.6 Å². The van der Waals surface area contributed by atoms with Gasteiger partial charge in [0.15, 0.2) is 0 Å². The highest BCUT2D eigenvalue weighted by molar-refractivity contribution is 6.33. The van der Waals surface area contributed by atoms with Gasteiger partial charge < -0.3 is 5.32 Å². The summed E-state index contributed by atoms with van der Waals surface area (Å²) in [5, 5.41) is 3.90. The molecule has 22 heavy (non-hydrogen) atoms. The molecule has 2 nitrogen and oxygen atoms in total. The molecule has 7 heteroatoms. The molecule has 1 aliphatic rings. The van der Waals surface area contributed by atoms with Gasteiger partial charge in [-0.2, -0.15) is 0 Å². The molecule has 1 heterocycles. The Balaban J connectivity index is 0.00000220. The van der Waals surface area contributed by atoms with Crippen LogP contribution < -0.4 is 5.32 Å². The molecule has 1 aromatic carbocycles. The van der Waals surface area contributed by atoms with E-state index in [-0.39, 0.29) is 41.3 Å². The molecule has 1 aliphatic heterocycles. The molecule has 1 aromatic rings. The van der Waals surface area contributed by atoms with Crippen LogP contribution in [0.25, 0.3) is 0 Å². The van der Waals surface area contributed by atoms with Crippen molar-refractivity contribution in [2.24, 2.45) is 5.41 Å². The van der Waals surface area contributed by atoms with Crippen molar-refractivity contribution in [1.82, 2.24) is 10.2 Å². The summed E-state index contributed by atoms with van der Waals surface area (Å²) in [7, 11) is 0. The number of halogens is 5. The fourth-order valence-electron chi connectivity index (χ4n) is 2.90. The van der Waals surface area contributed by atoms with E-state index in [1.54, 1.807) is 6.07 Å². The second-order valence-corrected chi connectivity index (χ2v) is 7.13. The first-order chi connectivity index (χ1) is 9.32. The largest absolute Gasteiger partial charge is 0.314 e. The van der Waals surface area contributed by atoms with Crippen molar-refractivity contribution in [2.75, 3.05) is 26.2 Å². The fourth-order valence-corrected chi connectivity index (χ4v) is 3.31. The molecule has 0 unspecified atom stereocenters. The molecule has 1 saturated heterocycles. The van der Waals surface area contributed by atoms with Crippen LogP contribution in [0.5, 0.6) is 0 Å². The van der Waals surface area contributed by atoms with Crippen LogP contribution in [-0.4, -0.2) is 31.1 Å². The normalized spacial score (nSPS) is 17.4. The maximum Gasteiger partial charge on any atom is 0.148 e. The number of piperazine rings is 1. The van der Waals surface area contributed by atoms with Crippen LogP contribution in [-0.2, 0) is 0 Å². The van der Waals surface area contributed by atoms with Gasteiger partial charge in [-0.25, -0.2) is 4.39 Å². The molecule has 0 aliphatic carbocycles. The molecule has 1 N–H and O–H groups in total. The summed E-state index contributed by atoms with van der Waals surface area (Å²) in [6.07, 6.45) is 0. The Labute approximate surface area is 154 Å². The van der Waals surface area contributed by atoms with Crippen LogP contribution >= 0.6 is 48.0 Å². The predicted octanol–water partition coefficient (Wildman–Crippen LogP) is 4.97. The van der Waals surface area contributed by atoms with Gasteiger partial charge in [0.05, 0.1) is 5.02 Å². The lowest BCUT2D eigenvalue weighted by atomic mass is 9.80. The monoisotopic (exact) mass is 390 g/mol. The van der Waals surface area contributed by atoms with Gasteiger partial charge in [0.2, 0.25) is 0 Å². The van der Waals surface area contributed by atoms with Crippen LogP contribution in [0.1, 0.15) is 32.4 Å². The highest BCUT2D eigenvalue weighted by Crippen LogP contribution is 2.43. The maximum atomic E-state index is 14.5. The number of rotatable bonds is 2. The summed E-state index contributed by atoms with van der Waals surface area (Å²) in [4.78, 5) is 2.29. The third-order valence-corrected chi connectivity index (χ3v) is 4.31. The Kier molecular flexibility index (Phi) is 9.00. The van der Waals surface area contributed by atoms with Crippen molar-refractivity contribution < 1.29 is 4.39 Å². The van der Waals surface area contributed by atoms with Crippen LogP contribution in [0.15, 0.2) is 12.1 Å². The molecule has 0 saturated carbocycles. The van der Waals surface area contributed by atoms with Gasteiger partial charge in [0.25, 0.3) is 0 Å². The van der Waals surface area contributed by atoms with E-state index >= 15 is 0 Å². The molecule has 0 spiro atoms. The van der Waals surface area contributed by atoms with Crippen LogP contribution in [0.4, 0.5) is 4.39 Å². The summed E-state index contributed by atoms with van der Waals surface area (Å²) in [6, 6.07) is 3.11. The molecule has 2 rings (SSSR count). The number of hydrogen-bond acceptors (Lipinski definition) is 2. The summed E-state index contributed by atoms with van der Waals surface area (Å²) >= 11 is 12.2. The second kappa shape index (κ2) is 8.91. The summed E-state index contributed by atoms with van der Waals surface area (Å²) in [6.45, 7) is 9.90. The lowest BCUT2D eigenvalue weighted by Crippen LogP contribution is -2.48. The van der Waals surface area contributed by atoms with Gasteiger partial charge >= 0.3 is 0 Å². The van der Waals surface area contributed by atoms with Crippen LogP contribution in [0.2, 0.25) is 10.0 Å². The zero-order valence-corrected chi connectivity index (χ0v) is 16.1. The standard InChI is InChI=1S/C15H21Cl2FN2.2ClH/c1-15(2,3)14(20-8-6-19-7-9-20)12-10(16)4-5-11(17)13(12)18;;/h4-5,14,19H,6-9H2,1-3H3;2*1H/t14-;;/m0../s1. The van der Waals surface area contributed by atoms with E-state index in [9.17, 15) is 4.39 Å². The molecule has 1 fully saturated rings. The minimum absolute atomic E-state index is 0. The number of hydrogen-bond donors (Lipinski definition) is 1. The minimum Gasteiger partial charge on any atom is -0.314 e. The summed E-state index contributed by atoms with van der Waals surface area (Å²) < 4.78 is 14.5. The molecule has 1 atom stereocenters. The van der Waals surface area contributed by atoms with Gasteiger partial charge in [-0.3, -0.25) is 4.90 Å². The number of benzene rings is 1. The van der Waals surface area contributed by atoms with E-state index in [0.717, 1.165) is 26.2 Å². The molecule has 128 valence electrons. The van der Waals surface area contributed by atoms with Gasteiger partial charge in [0.1, 0.15) is 5.82 Å². The van der Waals surface area contributed by atoms with Crippen LogP contribution in [0.3, 0.4) is 0 Å². The van der Waals surface area contributed by atoms with Crippen molar-refractivity contribution in [1.29, 1.82) is 0 Å². The Morgan fingerprint density at radius 3 is 2.09 bits per heavy atom. The zero-order chi connectivity index (χ0) is 14.9. The lowest BCUT2D eigenvalue weighted by molar-refractivity contribution is 0.0835. The first kappa shape index (κ1) is 22.2. The number of nitrogens with one attached hydrogen (secondary N) is 1. The van der Waals surface area contributed by atoms with Crippen molar-refractivity contribution in [3.63, 3.8) is 0 Å². The summed E-state index contributed by atoms with van der Waals surface area (Å²) in [5.74, 6) is -0.391. The van der Waals surface area contributed by atoms with Gasteiger partial charge in [-0.05, 0) is 17.5 Å². The van der Waals surface area contributed by atoms with Crippen molar-refractivity contribution in [3.8, 4) is 0 Å². The van der Waals surface area contributed by atoms with E-state index in [1.807, 2.05) is 0 Å². The Morgan fingerprint density at radius 2 is 1.59 bits per heavy atom. The smallest absolute Gasteiger partial charge is 0.148 e. The van der Waals surface area contributed by atoms with E-state index in [2.05, 4.69) is 31.0 Å². The summed E-state index contributed by atoms with van der Waals surface area (Å²) in [5.41, 5.74) is 0.389. The lowest BCUT2D eigenvalue weighted by Gasteiger charge is -2.43. The Morgan fingerprint density at radius 1 is 1.09 bits per heavy atom. The van der Waals surface area contributed by atoms with E-state index in [1.165, 1.54) is 6.07 Å². The molecule has 0 aromatic heterocycles. The first-order valence-electron chi connectivity index (χ1n) is 6.90. The molecule has 0 bridgehead atoms. The average Bonchev–Trinajstić information content (AvgIpc) is 2.39. The van der Waals surface area contributed by atoms with E-state index in [4.69, 9.17) is 23.2 Å². The average molecular weight is 392 g/mol. The number of nitrogens with zero attached hydrogens (tertiary/aromatic N) is 1. The minimum atomic E-state index is -0.391. The third kappa shape index (κ3) is 4.86. The highest BCUT2D eigenvalue weighted by Gasteiger charge is 2.36. The van der Waals surface area contributed by atoms with Gasteiger partial charge in [-0.15, -0.1) is 24.8 Å². The van der Waals surface area contributed by atoms with Crippen molar-refractivity contribution in [2.45, 2.75) is 26.8 Å². The Bertz CT molecular complexity index is 485. The molecule has 0 radical (unpaired) electrons. The van der Waals surface area contributed by atoms with Crippen molar-refractivity contribution >= 4 is 48.0 Å². The maximum absolute atomic E-state index is 14.5. The quantitative estimate of drug-likeness (QED) is 0.716. The van der Waals surface area contributed by atoms with E-state index in [0.29, 0.717) is 10.6 Å². The zero-order valence-electron chi connectivity index (χ0n) is 13.0. The Hall–Kier alpha value is 0.230. The van der Waals surface area contributed by atoms with Crippen LogP contribution in [0, 0.1) is 11.2 Å². The van der Waals surface area contributed by atoms with Gasteiger partial charge in [-0.1, -0.05) is 44.0 Å². The predicted molar refractivity (Wildman–Crippen MR) is 97.6 cm³/mol. The SMILES string of the molecule is CC(C)(C)[C@H](c1c(Cl)ccc(Cl)c1F)N1CCNCC1.Cl.Cl. The van der Waals surface area contributed by atoms with E-state index < -0.39 is 5.82 Å². The fraction of sp³-hybridized carbons (Fsp3) is 0.600. The molecular formula is C15H23Cl4FN2. The second-order valence-electron chi connectivity index (χ2n) is 6.31. The molecule has 0 amide bonds. The topological polar surface area (TPSA) is 15.3 Å². The van der Waals surface area contributed by atoms with Gasteiger partial charge in [0, 0.05) is 42.8 Å². The first-order valence-corrected chi connectivity index (χ1v) is 7.66.